The summed E-state index contributed by atoms with van der Waals surface area (Å²) in [5.74, 6) is 0. The van der Waals surface area contributed by atoms with Crippen molar-refractivity contribution in [2.24, 2.45) is 21.1 Å². The molecule has 8 heterocycles. The lowest BCUT2D eigenvalue weighted by atomic mass is 10.0. The van der Waals surface area contributed by atoms with Gasteiger partial charge in [0.1, 0.15) is 21.1 Å². The Balaban J connectivity index is 1.50. The summed E-state index contributed by atoms with van der Waals surface area (Å²) in [6.45, 7) is 0. The number of aromatic nitrogens is 7. The Morgan fingerprint density at radius 2 is 0.769 bits per heavy atom. The van der Waals surface area contributed by atoms with Crippen LogP contribution in [0.15, 0.2) is 126 Å². The summed E-state index contributed by atoms with van der Waals surface area (Å²) in [7, 11) is 6.23. The van der Waals surface area contributed by atoms with E-state index in [1.54, 1.807) is 0 Å². The van der Waals surface area contributed by atoms with E-state index in [1.165, 1.54) is 0 Å². The van der Waals surface area contributed by atoms with Gasteiger partial charge in [-0.25, -0.2) is 23.7 Å². The number of aromatic amines is 2. The summed E-state index contributed by atoms with van der Waals surface area (Å²) >= 11 is 3.64. The number of benzene rings is 1. The minimum absolute atomic E-state index is 0.877. The van der Waals surface area contributed by atoms with Gasteiger partial charge >= 0.3 is 0 Å². The van der Waals surface area contributed by atoms with E-state index in [-0.39, 0.29) is 0 Å². The molecule has 6 aromatic heterocycles. The van der Waals surface area contributed by atoms with E-state index in [9.17, 15) is 0 Å². The summed E-state index contributed by atoms with van der Waals surface area (Å²) in [6, 6.07) is 35.9. The Bertz CT molecular complexity index is 2740. The van der Waals surface area contributed by atoms with Crippen molar-refractivity contribution in [1.82, 2.24) is 19.9 Å². The lowest BCUT2D eigenvalue weighted by molar-refractivity contribution is -0.660. The normalized spacial score (nSPS) is 12.1. The number of H-pyrrole nitrogens is 2. The zero-order valence-electron chi connectivity index (χ0n) is 29.0. The van der Waals surface area contributed by atoms with Gasteiger partial charge in [-0.15, -0.1) is 0 Å². The molecule has 0 saturated carbocycles. The first-order chi connectivity index (χ1) is 25.4. The fourth-order valence-electron chi connectivity index (χ4n) is 7.28. The van der Waals surface area contributed by atoms with Crippen molar-refractivity contribution in [3.63, 3.8) is 0 Å². The molecular weight excluding hydrogens is 706 g/mol. The van der Waals surface area contributed by atoms with Gasteiger partial charge in [0.15, 0.2) is 18.6 Å². The molecule has 0 atom stereocenters. The molecule has 0 amide bonds. The van der Waals surface area contributed by atoms with Gasteiger partial charge in [0.2, 0.25) is 17.1 Å². The number of nitrogens with zero attached hydrogens (tertiary/aromatic N) is 5. The van der Waals surface area contributed by atoms with Crippen molar-refractivity contribution in [1.29, 1.82) is 0 Å². The van der Waals surface area contributed by atoms with E-state index in [0.717, 1.165) is 94.2 Å². The first kappa shape index (κ1) is 31.7. The maximum absolute atomic E-state index is 5.42. The van der Waals surface area contributed by atoms with E-state index >= 15 is 0 Å². The van der Waals surface area contributed by atoms with Gasteiger partial charge in [0, 0.05) is 52.0 Å². The molecule has 2 aliphatic heterocycles. The third-order valence-electron chi connectivity index (χ3n) is 9.82. The summed E-state index contributed by atoms with van der Waals surface area (Å²) < 4.78 is 7.46. The average molecular weight is 742 g/mol. The van der Waals surface area contributed by atoms with Crippen LogP contribution in [0, 0.1) is 0 Å². The SMILES string of the molecule is C[n+]1ccccc1-c1c2nc(c(-c3cccc[n+]3C)c3ccc([nH]3)c(-c3cccc[n+]3C)c3nc(c(-c4ccc(Br)cc4)c4ccc1[nH]4)C=C3)C=C2. The molecule has 0 saturated heterocycles. The van der Waals surface area contributed by atoms with Crippen molar-refractivity contribution < 1.29 is 13.7 Å². The van der Waals surface area contributed by atoms with Crippen LogP contribution in [-0.4, -0.2) is 19.9 Å². The summed E-state index contributed by atoms with van der Waals surface area (Å²) in [5, 5.41) is 0. The molecule has 7 nitrogen and oxygen atoms in total. The van der Waals surface area contributed by atoms with Crippen molar-refractivity contribution in [2.45, 2.75) is 0 Å². The molecule has 0 radical (unpaired) electrons. The molecule has 250 valence electrons. The molecular formula is C44H35BrN7+3. The Hall–Kier alpha value is -6.25. The Labute approximate surface area is 309 Å². The number of hydrogen-bond donors (Lipinski definition) is 2. The molecule has 0 fully saturated rings. The smallest absolute Gasteiger partial charge is 0.216 e. The third-order valence-corrected chi connectivity index (χ3v) is 10.3. The van der Waals surface area contributed by atoms with Gasteiger partial charge in [-0.3, -0.25) is 0 Å². The third kappa shape index (κ3) is 5.48. The van der Waals surface area contributed by atoms with Crippen LogP contribution in [0.3, 0.4) is 0 Å². The quantitative estimate of drug-likeness (QED) is 0.178. The number of halogens is 1. The fraction of sp³-hybridized carbons (Fsp3) is 0.0682. The molecule has 9 rings (SSSR count). The standard InChI is InChI=1S/C44H34BrN7/c1-50-25-7-4-10-38(50)42-32-19-17-30(46-32)41(28-13-15-29(45)16-14-28)31-18-20-33(47-31)43(39-11-5-8-26-51(39)2)35-22-24-37(49-35)44(36-23-21-34(42)48-36)40-12-6-9-27-52(40)3/h4-27H,1-3H3,(H,46,47,48,49)/q+2/p+1. The highest BCUT2D eigenvalue weighted by atomic mass is 79.9. The first-order valence-electron chi connectivity index (χ1n) is 17.2. The van der Waals surface area contributed by atoms with Crippen LogP contribution >= 0.6 is 15.9 Å². The van der Waals surface area contributed by atoms with Crippen molar-refractivity contribution >= 4 is 62.3 Å². The average Bonchev–Trinajstić information content (AvgIpc) is 3.99. The molecule has 2 N–H and O–H groups in total. The zero-order chi connectivity index (χ0) is 35.3. The summed E-state index contributed by atoms with van der Waals surface area (Å²) in [5.41, 5.74) is 15.6. The molecule has 52 heavy (non-hydrogen) atoms. The number of pyridine rings is 3. The van der Waals surface area contributed by atoms with Crippen LogP contribution in [0.2, 0.25) is 0 Å². The molecule has 8 bridgehead atoms. The second-order valence-electron chi connectivity index (χ2n) is 13.1. The number of rotatable bonds is 4. The summed E-state index contributed by atoms with van der Waals surface area (Å²) in [6.07, 6.45) is 14.8. The lowest BCUT2D eigenvalue weighted by Gasteiger charge is -2.06. The fourth-order valence-corrected chi connectivity index (χ4v) is 7.55. The number of fused-ring (bicyclic) bond motifs is 8. The number of aryl methyl sites for hydroxylation is 3. The van der Waals surface area contributed by atoms with Crippen LogP contribution < -0.4 is 13.7 Å². The van der Waals surface area contributed by atoms with Crippen LogP contribution in [0.25, 0.3) is 91.3 Å². The Morgan fingerprint density at radius 1 is 0.423 bits per heavy atom. The second kappa shape index (κ2) is 12.8. The predicted molar refractivity (Wildman–Crippen MR) is 212 cm³/mol. The number of hydrogen-bond acceptors (Lipinski definition) is 2. The zero-order valence-corrected chi connectivity index (χ0v) is 30.6. The van der Waals surface area contributed by atoms with Crippen molar-refractivity contribution in [3.05, 3.63) is 149 Å². The number of nitrogens with one attached hydrogen (secondary N) is 2. The van der Waals surface area contributed by atoms with E-state index < -0.39 is 0 Å². The van der Waals surface area contributed by atoms with Crippen LogP contribution in [-0.2, 0) is 21.1 Å². The highest BCUT2D eigenvalue weighted by Crippen LogP contribution is 2.37. The monoisotopic (exact) mass is 740 g/mol. The van der Waals surface area contributed by atoms with Crippen molar-refractivity contribution in [3.8, 4) is 44.9 Å². The predicted octanol–water partition coefficient (Wildman–Crippen LogP) is 8.56. The van der Waals surface area contributed by atoms with E-state index in [2.05, 4.69) is 189 Å². The van der Waals surface area contributed by atoms with Gasteiger partial charge in [-0.05, 0) is 84.5 Å². The van der Waals surface area contributed by atoms with Gasteiger partial charge in [-0.1, -0.05) is 28.1 Å². The molecule has 0 spiro atoms. The minimum Gasteiger partial charge on any atom is -0.354 e. The topological polar surface area (TPSA) is 69.0 Å². The minimum atomic E-state index is 0.877. The summed E-state index contributed by atoms with van der Waals surface area (Å²) in [4.78, 5) is 18.5. The molecule has 0 aliphatic carbocycles. The van der Waals surface area contributed by atoms with Gasteiger partial charge in [-0.2, -0.15) is 0 Å². The molecule has 1 aromatic carbocycles. The van der Waals surface area contributed by atoms with E-state index in [0.29, 0.717) is 0 Å². The molecule has 0 unspecified atom stereocenters. The van der Waals surface area contributed by atoms with Gasteiger partial charge in [0.05, 0.1) is 56.0 Å². The van der Waals surface area contributed by atoms with Gasteiger partial charge in [0.25, 0.3) is 0 Å². The van der Waals surface area contributed by atoms with Crippen LogP contribution in [0.4, 0.5) is 0 Å². The van der Waals surface area contributed by atoms with Crippen LogP contribution in [0.5, 0.6) is 0 Å². The van der Waals surface area contributed by atoms with Crippen LogP contribution in [0.1, 0.15) is 22.8 Å². The molecule has 2 aliphatic rings. The van der Waals surface area contributed by atoms with Gasteiger partial charge < -0.3 is 9.97 Å². The van der Waals surface area contributed by atoms with E-state index in [1.807, 2.05) is 18.2 Å². The molecule has 7 aromatic rings. The maximum Gasteiger partial charge on any atom is 0.216 e. The largest absolute Gasteiger partial charge is 0.354 e. The Kier molecular flexibility index (Phi) is 7.82. The first-order valence-corrected chi connectivity index (χ1v) is 18.0. The van der Waals surface area contributed by atoms with Crippen molar-refractivity contribution in [2.75, 3.05) is 0 Å². The lowest BCUT2D eigenvalue weighted by Crippen LogP contribution is -2.30. The Morgan fingerprint density at radius 3 is 1.13 bits per heavy atom. The second-order valence-corrected chi connectivity index (χ2v) is 14.0. The highest BCUT2D eigenvalue weighted by molar-refractivity contribution is 9.10. The van der Waals surface area contributed by atoms with E-state index in [4.69, 9.17) is 9.97 Å². The highest BCUT2D eigenvalue weighted by Gasteiger charge is 2.24. The maximum atomic E-state index is 5.42. The molecule has 8 heteroatoms.